The molecule has 0 aliphatic heterocycles. The number of nitrogen functional groups attached to an aromatic ring is 1. The van der Waals surface area contributed by atoms with E-state index in [0.717, 1.165) is 6.07 Å². The van der Waals surface area contributed by atoms with Gasteiger partial charge in [-0.2, -0.15) is 0 Å². The highest BCUT2D eigenvalue weighted by Crippen LogP contribution is 2.65. The molecule has 36 heavy (non-hydrogen) atoms. The maximum atomic E-state index is 14.1. The van der Waals surface area contributed by atoms with Crippen LogP contribution in [0.4, 0.5) is 25.8 Å². The molecule has 0 bridgehead atoms. The number of hydrogen-bond donors (Lipinski definition) is 3. The number of amides is 2. The summed E-state index contributed by atoms with van der Waals surface area (Å²) in [5.74, 6) is -3.88. The minimum Gasteiger partial charge on any atom is -0.396 e. The Kier molecular flexibility index (Phi) is 7.14. The van der Waals surface area contributed by atoms with Gasteiger partial charge in [0.05, 0.1) is 27.2 Å². The first-order valence-corrected chi connectivity index (χ1v) is 12.1. The van der Waals surface area contributed by atoms with Crippen molar-refractivity contribution in [3.05, 3.63) is 86.4 Å². The largest absolute Gasteiger partial charge is 0.396 e. The summed E-state index contributed by atoms with van der Waals surface area (Å²) >= 11 is 24.9. The SMILES string of the molecule is Cc1cc(C2C(C(=O)Nc3ccc(Cl)c(C(=O)Nc4ccc(F)c(N)c4C)c3)C2(Cl)Cl)cc(F)c1Cl. The van der Waals surface area contributed by atoms with E-state index in [2.05, 4.69) is 10.6 Å². The van der Waals surface area contributed by atoms with E-state index in [-0.39, 0.29) is 27.0 Å². The fourth-order valence-electron chi connectivity index (χ4n) is 4.02. The molecular weight excluding hydrogens is 554 g/mol. The van der Waals surface area contributed by atoms with Gasteiger partial charge in [0.2, 0.25) is 5.91 Å². The number of anilines is 3. The summed E-state index contributed by atoms with van der Waals surface area (Å²) in [6.45, 7) is 3.20. The second kappa shape index (κ2) is 9.71. The number of aryl methyl sites for hydroxylation is 1. The normalized spacial score (nSPS) is 18.0. The van der Waals surface area contributed by atoms with E-state index in [9.17, 15) is 18.4 Å². The molecule has 0 saturated heterocycles. The average Bonchev–Trinajstić information content (AvgIpc) is 3.40. The lowest BCUT2D eigenvalue weighted by molar-refractivity contribution is -0.117. The van der Waals surface area contributed by atoms with Gasteiger partial charge in [-0.25, -0.2) is 8.78 Å². The van der Waals surface area contributed by atoms with E-state index in [1.807, 2.05) is 0 Å². The zero-order valence-electron chi connectivity index (χ0n) is 18.9. The zero-order chi connectivity index (χ0) is 26.5. The fourth-order valence-corrected chi connectivity index (χ4v) is 5.16. The third kappa shape index (κ3) is 4.85. The molecule has 0 heterocycles. The lowest BCUT2D eigenvalue weighted by atomic mass is 10.1. The lowest BCUT2D eigenvalue weighted by Crippen LogP contribution is -2.18. The molecule has 1 saturated carbocycles. The molecule has 1 fully saturated rings. The molecule has 1 aliphatic rings. The average molecular weight is 573 g/mol. The van der Waals surface area contributed by atoms with Gasteiger partial charge in [0.1, 0.15) is 16.0 Å². The minimum absolute atomic E-state index is 0.0133. The fraction of sp³-hybridized carbons (Fsp3) is 0.200. The van der Waals surface area contributed by atoms with E-state index in [1.54, 1.807) is 19.9 Å². The van der Waals surface area contributed by atoms with Crippen LogP contribution in [0.3, 0.4) is 0 Å². The minimum atomic E-state index is -1.45. The van der Waals surface area contributed by atoms with Gasteiger partial charge in [0, 0.05) is 17.3 Å². The van der Waals surface area contributed by atoms with Crippen molar-refractivity contribution in [1.82, 2.24) is 0 Å². The summed E-state index contributed by atoms with van der Waals surface area (Å²) < 4.78 is 26.3. The molecule has 0 spiro atoms. The number of rotatable bonds is 5. The van der Waals surface area contributed by atoms with Crippen molar-refractivity contribution in [2.45, 2.75) is 24.1 Å². The highest BCUT2D eigenvalue weighted by atomic mass is 35.5. The maximum absolute atomic E-state index is 14.1. The Morgan fingerprint density at radius 2 is 1.67 bits per heavy atom. The van der Waals surface area contributed by atoms with Gasteiger partial charge in [-0.1, -0.05) is 29.3 Å². The van der Waals surface area contributed by atoms with Crippen LogP contribution >= 0.6 is 46.4 Å². The number of nitrogens with two attached hydrogens (primary N) is 1. The van der Waals surface area contributed by atoms with Crippen LogP contribution in [-0.4, -0.2) is 16.1 Å². The van der Waals surface area contributed by atoms with Crippen LogP contribution in [0, 0.1) is 31.4 Å². The summed E-state index contributed by atoms with van der Waals surface area (Å²) in [5, 5.41) is 5.43. The molecule has 2 unspecified atom stereocenters. The molecule has 2 atom stereocenters. The summed E-state index contributed by atoms with van der Waals surface area (Å²) in [7, 11) is 0. The smallest absolute Gasteiger partial charge is 0.257 e. The van der Waals surface area contributed by atoms with E-state index >= 15 is 0 Å². The van der Waals surface area contributed by atoms with Crippen molar-refractivity contribution in [1.29, 1.82) is 0 Å². The number of nitrogens with one attached hydrogen (secondary N) is 2. The Balaban J connectivity index is 1.53. The molecule has 0 radical (unpaired) electrons. The second-order valence-corrected chi connectivity index (χ2v) is 10.8. The van der Waals surface area contributed by atoms with E-state index < -0.39 is 39.6 Å². The highest BCUT2D eigenvalue weighted by Gasteiger charge is 2.67. The Morgan fingerprint density at radius 1 is 0.972 bits per heavy atom. The van der Waals surface area contributed by atoms with Gasteiger partial charge in [-0.05, 0) is 66.9 Å². The van der Waals surface area contributed by atoms with E-state index in [0.29, 0.717) is 22.4 Å². The molecule has 188 valence electrons. The van der Waals surface area contributed by atoms with Crippen LogP contribution in [0.25, 0.3) is 0 Å². The molecule has 4 N–H and O–H groups in total. The summed E-state index contributed by atoms with van der Waals surface area (Å²) in [4.78, 5) is 25.9. The van der Waals surface area contributed by atoms with Gasteiger partial charge in [-0.3, -0.25) is 9.59 Å². The Hall–Kier alpha value is -2.58. The Bertz CT molecular complexity index is 1390. The second-order valence-electron chi connectivity index (χ2n) is 8.54. The third-order valence-electron chi connectivity index (χ3n) is 6.12. The van der Waals surface area contributed by atoms with Crippen molar-refractivity contribution in [3.8, 4) is 0 Å². The van der Waals surface area contributed by atoms with E-state index in [1.165, 1.54) is 30.3 Å². The number of halogens is 6. The van der Waals surface area contributed by atoms with Gasteiger partial charge in [0.15, 0.2) is 0 Å². The van der Waals surface area contributed by atoms with Gasteiger partial charge >= 0.3 is 0 Å². The maximum Gasteiger partial charge on any atom is 0.257 e. The molecule has 1 aliphatic carbocycles. The number of carbonyl (C=O) groups is 2. The molecule has 3 aromatic rings. The Morgan fingerprint density at radius 3 is 2.33 bits per heavy atom. The molecule has 3 aromatic carbocycles. The quantitative estimate of drug-likeness (QED) is 0.222. The van der Waals surface area contributed by atoms with E-state index in [4.69, 9.17) is 52.1 Å². The number of benzene rings is 3. The Labute approximate surface area is 225 Å². The van der Waals surface area contributed by atoms with Crippen LogP contribution in [0.15, 0.2) is 42.5 Å². The van der Waals surface area contributed by atoms with Crippen LogP contribution < -0.4 is 16.4 Å². The predicted octanol–water partition coefficient (Wildman–Crippen LogP) is 7.25. The van der Waals surface area contributed by atoms with Crippen molar-refractivity contribution in [3.63, 3.8) is 0 Å². The summed E-state index contributed by atoms with van der Waals surface area (Å²) in [6, 6.07) is 9.69. The molecule has 4 rings (SSSR count). The van der Waals surface area contributed by atoms with Crippen molar-refractivity contribution >= 4 is 75.3 Å². The molecule has 0 aromatic heterocycles. The highest BCUT2D eigenvalue weighted by molar-refractivity contribution is 6.53. The van der Waals surface area contributed by atoms with Gasteiger partial charge in [0.25, 0.3) is 5.91 Å². The number of alkyl halides is 2. The zero-order valence-corrected chi connectivity index (χ0v) is 21.9. The van der Waals surface area contributed by atoms with Gasteiger partial charge < -0.3 is 16.4 Å². The topological polar surface area (TPSA) is 84.2 Å². The lowest BCUT2D eigenvalue weighted by Gasteiger charge is -2.13. The van der Waals surface area contributed by atoms with Crippen LogP contribution in [-0.2, 0) is 4.79 Å². The summed E-state index contributed by atoms with van der Waals surface area (Å²) in [5.41, 5.74) is 7.54. The first kappa shape index (κ1) is 26.5. The number of carbonyl (C=O) groups excluding carboxylic acids is 2. The molecule has 2 amide bonds. The molecule has 5 nitrogen and oxygen atoms in total. The first-order valence-electron chi connectivity index (χ1n) is 10.6. The predicted molar refractivity (Wildman–Crippen MR) is 140 cm³/mol. The summed E-state index contributed by atoms with van der Waals surface area (Å²) in [6.07, 6.45) is 0. The van der Waals surface area contributed by atoms with Crippen LogP contribution in [0.5, 0.6) is 0 Å². The van der Waals surface area contributed by atoms with Gasteiger partial charge in [-0.15, -0.1) is 23.2 Å². The monoisotopic (exact) mass is 571 g/mol. The van der Waals surface area contributed by atoms with Crippen molar-refractivity contribution in [2.24, 2.45) is 5.92 Å². The van der Waals surface area contributed by atoms with Crippen molar-refractivity contribution in [2.75, 3.05) is 16.4 Å². The molecular formula is C25H19Cl4F2N3O2. The van der Waals surface area contributed by atoms with Crippen LogP contribution in [0.1, 0.15) is 33.0 Å². The first-order chi connectivity index (χ1) is 16.8. The standard InChI is InChI=1S/C25H19Cl4F2N3O2/c1-10-7-12(8-17(31)21(10)27)19-20(25(19,28)29)24(36)33-13-3-4-15(26)14(9-13)23(35)34-18-6-5-16(30)22(32)11(18)2/h3-9,19-20H,32H2,1-2H3,(H,33,36)(H,34,35). The van der Waals surface area contributed by atoms with Crippen molar-refractivity contribution < 1.29 is 18.4 Å². The van der Waals surface area contributed by atoms with Crippen LogP contribution in [0.2, 0.25) is 10.0 Å². The molecule has 11 heteroatoms. The third-order valence-corrected chi connectivity index (χ3v) is 7.86. The number of hydrogen-bond acceptors (Lipinski definition) is 3.